The van der Waals surface area contributed by atoms with Crippen LogP contribution in [0.2, 0.25) is 0 Å². The van der Waals surface area contributed by atoms with Crippen molar-refractivity contribution in [1.29, 1.82) is 0 Å². The van der Waals surface area contributed by atoms with E-state index in [1.807, 2.05) is 19.2 Å². The molecular weight excluding hydrogens is 317 g/mol. The van der Waals surface area contributed by atoms with Crippen LogP contribution in [0.1, 0.15) is 55.8 Å². The molecule has 1 heterocycles. The average Bonchev–Trinajstić information content (AvgIpc) is 2.75. The van der Waals surface area contributed by atoms with Gasteiger partial charge in [-0.15, -0.1) is 36.2 Å². The summed E-state index contributed by atoms with van der Waals surface area (Å²) in [6, 6.07) is 0.0141. The first-order valence-corrected chi connectivity index (χ1v) is 7.43. The molecule has 0 fully saturated rings. The van der Waals surface area contributed by atoms with Gasteiger partial charge in [0.05, 0.1) is 6.04 Å². The molecule has 4 nitrogen and oxygen atoms in total. The number of nitrogens with two attached hydrogens (primary N) is 1. The van der Waals surface area contributed by atoms with Gasteiger partial charge in [0.15, 0.2) is 0 Å². The normalized spacial score (nSPS) is 11.2. The number of thiazole rings is 1. The lowest BCUT2D eigenvalue weighted by Gasteiger charge is -2.11. The highest BCUT2D eigenvalue weighted by atomic mass is 35.5. The first-order chi connectivity index (χ1) is 8.63. The summed E-state index contributed by atoms with van der Waals surface area (Å²) in [4.78, 5) is 16.1. The topological polar surface area (TPSA) is 68.0 Å². The van der Waals surface area contributed by atoms with E-state index in [0.717, 1.165) is 42.9 Å². The fourth-order valence-corrected chi connectivity index (χ4v) is 2.53. The van der Waals surface area contributed by atoms with Gasteiger partial charge >= 0.3 is 0 Å². The fourth-order valence-electron chi connectivity index (χ4n) is 1.73. The van der Waals surface area contributed by atoms with Crippen molar-refractivity contribution >= 4 is 42.1 Å². The highest BCUT2D eigenvalue weighted by Crippen LogP contribution is 2.17. The van der Waals surface area contributed by atoms with E-state index in [4.69, 9.17) is 5.73 Å². The maximum absolute atomic E-state index is 11.7. The molecule has 1 aromatic heterocycles. The van der Waals surface area contributed by atoms with Gasteiger partial charge in [0.2, 0.25) is 5.91 Å². The van der Waals surface area contributed by atoms with Crippen molar-refractivity contribution in [3.05, 3.63) is 16.1 Å². The number of nitrogens with zero attached hydrogens (tertiary/aromatic N) is 1. The molecule has 0 spiro atoms. The van der Waals surface area contributed by atoms with Crippen molar-refractivity contribution in [1.82, 2.24) is 10.3 Å². The van der Waals surface area contributed by atoms with Gasteiger partial charge in [-0.05, 0) is 33.2 Å². The molecule has 1 amide bonds. The molecule has 0 aliphatic rings. The number of carbonyl (C=O) groups excluding carboxylic acids is 1. The van der Waals surface area contributed by atoms with E-state index in [-0.39, 0.29) is 36.8 Å². The van der Waals surface area contributed by atoms with Gasteiger partial charge in [-0.25, -0.2) is 4.98 Å². The van der Waals surface area contributed by atoms with Crippen LogP contribution in [-0.4, -0.2) is 17.4 Å². The summed E-state index contributed by atoms with van der Waals surface area (Å²) in [5, 5.41) is 5.97. The number of carbonyl (C=O) groups is 1. The van der Waals surface area contributed by atoms with E-state index in [0.29, 0.717) is 6.42 Å². The van der Waals surface area contributed by atoms with Crippen LogP contribution in [0.5, 0.6) is 0 Å². The lowest BCUT2D eigenvalue weighted by molar-refractivity contribution is -0.121. The first-order valence-electron chi connectivity index (χ1n) is 6.55. The van der Waals surface area contributed by atoms with Gasteiger partial charge in [0.1, 0.15) is 5.01 Å². The van der Waals surface area contributed by atoms with Crippen LogP contribution in [0, 0.1) is 6.92 Å². The van der Waals surface area contributed by atoms with E-state index in [1.165, 1.54) is 0 Å². The molecule has 118 valence electrons. The van der Waals surface area contributed by atoms with E-state index in [9.17, 15) is 4.79 Å². The van der Waals surface area contributed by atoms with Gasteiger partial charge in [-0.1, -0.05) is 12.8 Å². The zero-order valence-electron chi connectivity index (χ0n) is 12.1. The summed E-state index contributed by atoms with van der Waals surface area (Å²) in [6.07, 6.45) is 4.78. The van der Waals surface area contributed by atoms with E-state index < -0.39 is 0 Å². The average molecular weight is 342 g/mol. The largest absolute Gasteiger partial charge is 0.347 e. The Balaban J connectivity index is 0. The zero-order chi connectivity index (χ0) is 13.4. The molecule has 1 atom stereocenters. The molecule has 0 aliphatic carbocycles. The summed E-state index contributed by atoms with van der Waals surface area (Å²) in [5.74, 6) is 0.114. The predicted molar refractivity (Wildman–Crippen MR) is 90.0 cm³/mol. The molecule has 0 bridgehead atoms. The summed E-state index contributed by atoms with van der Waals surface area (Å²) < 4.78 is 0. The molecule has 1 unspecified atom stereocenters. The SMILES string of the molecule is Cc1csc(C(C)NC(=O)CCCCCCN)n1.Cl.Cl. The number of unbranched alkanes of at least 4 members (excludes halogenated alkanes) is 3. The Kier molecular flexibility index (Phi) is 13.6. The standard InChI is InChI=1S/C13H23N3OS.2ClH/c1-10-9-18-13(15-10)11(2)16-12(17)7-5-3-4-6-8-14;;/h9,11H,3-8,14H2,1-2H3,(H,16,17);2*1H. The third-order valence-corrected chi connectivity index (χ3v) is 3.89. The second-order valence-corrected chi connectivity index (χ2v) is 5.46. The van der Waals surface area contributed by atoms with E-state index in [1.54, 1.807) is 11.3 Å². The number of rotatable bonds is 8. The summed E-state index contributed by atoms with van der Waals surface area (Å²) in [7, 11) is 0. The maximum Gasteiger partial charge on any atom is 0.220 e. The summed E-state index contributed by atoms with van der Waals surface area (Å²) in [5.41, 5.74) is 6.43. The van der Waals surface area contributed by atoms with Crippen LogP contribution in [0.3, 0.4) is 0 Å². The Morgan fingerprint density at radius 2 is 2.00 bits per heavy atom. The molecule has 0 saturated heterocycles. The van der Waals surface area contributed by atoms with Crippen molar-refractivity contribution in [3.63, 3.8) is 0 Å². The Morgan fingerprint density at radius 1 is 1.35 bits per heavy atom. The van der Waals surface area contributed by atoms with Gasteiger partial charge in [0.25, 0.3) is 0 Å². The van der Waals surface area contributed by atoms with Crippen molar-refractivity contribution in [3.8, 4) is 0 Å². The maximum atomic E-state index is 11.7. The van der Waals surface area contributed by atoms with Crippen LogP contribution in [0.4, 0.5) is 0 Å². The van der Waals surface area contributed by atoms with Crippen LogP contribution < -0.4 is 11.1 Å². The van der Waals surface area contributed by atoms with Gasteiger partial charge in [0, 0.05) is 17.5 Å². The number of aromatic nitrogens is 1. The molecule has 1 rings (SSSR count). The Labute approximate surface area is 137 Å². The molecule has 1 aromatic rings. The second kappa shape index (κ2) is 12.4. The smallest absolute Gasteiger partial charge is 0.220 e. The number of nitrogens with one attached hydrogen (secondary N) is 1. The van der Waals surface area contributed by atoms with Crippen molar-refractivity contribution < 1.29 is 4.79 Å². The molecule has 0 saturated carbocycles. The van der Waals surface area contributed by atoms with Crippen LogP contribution in [0.25, 0.3) is 0 Å². The van der Waals surface area contributed by atoms with Gasteiger partial charge < -0.3 is 11.1 Å². The van der Waals surface area contributed by atoms with E-state index in [2.05, 4.69) is 10.3 Å². The predicted octanol–water partition coefficient (Wildman–Crippen LogP) is 3.38. The monoisotopic (exact) mass is 341 g/mol. The first kappa shape index (κ1) is 21.9. The molecule has 20 heavy (non-hydrogen) atoms. The zero-order valence-corrected chi connectivity index (χ0v) is 14.5. The van der Waals surface area contributed by atoms with E-state index >= 15 is 0 Å². The van der Waals surface area contributed by atoms with Crippen LogP contribution in [-0.2, 0) is 4.79 Å². The Hall–Kier alpha value is -0.360. The number of amides is 1. The minimum absolute atomic E-state index is 0. The highest BCUT2D eigenvalue weighted by Gasteiger charge is 2.12. The highest BCUT2D eigenvalue weighted by molar-refractivity contribution is 7.09. The summed E-state index contributed by atoms with van der Waals surface area (Å²) >= 11 is 1.59. The molecule has 3 N–H and O–H groups in total. The molecule has 0 aliphatic heterocycles. The number of halogens is 2. The lowest BCUT2D eigenvalue weighted by Crippen LogP contribution is -2.26. The molecule has 0 aromatic carbocycles. The van der Waals surface area contributed by atoms with Crippen molar-refractivity contribution in [2.45, 2.75) is 52.0 Å². The number of hydrogen-bond acceptors (Lipinski definition) is 4. The van der Waals surface area contributed by atoms with Crippen LogP contribution >= 0.6 is 36.2 Å². The molecule has 7 heteroatoms. The Morgan fingerprint density at radius 3 is 2.55 bits per heavy atom. The number of hydrogen-bond donors (Lipinski definition) is 2. The van der Waals surface area contributed by atoms with Crippen molar-refractivity contribution in [2.75, 3.05) is 6.54 Å². The van der Waals surface area contributed by atoms with Crippen LogP contribution in [0.15, 0.2) is 5.38 Å². The quantitative estimate of drug-likeness (QED) is 0.712. The number of aryl methyl sites for hydroxylation is 1. The molecule has 0 radical (unpaired) electrons. The fraction of sp³-hybridized carbons (Fsp3) is 0.692. The Bertz CT molecular complexity index is 374. The minimum atomic E-state index is 0. The summed E-state index contributed by atoms with van der Waals surface area (Å²) in [6.45, 7) is 4.68. The molecular formula is C13H25Cl2N3OS. The minimum Gasteiger partial charge on any atom is -0.347 e. The van der Waals surface area contributed by atoms with Gasteiger partial charge in [-0.3, -0.25) is 4.79 Å². The third-order valence-electron chi connectivity index (χ3n) is 2.74. The van der Waals surface area contributed by atoms with Crippen molar-refractivity contribution in [2.24, 2.45) is 5.73 Å². The second-order valence-electron chi connectivity index (χ2n) is 4.57. The van der Waals surface area contributed by atoms with Gasteiger partial charge in [-0.2, -0.15) is 0 Å². The lowest BCUT2D eigenvalue weighted by atomic mass is 10.1. The third kappa shape index (κ3) is 8.74.